The lowest BCUT2D eigenvalue weighted by atomic mass is 9.82. The van der Waals surface area contributed by atoms with Crippen molar-refractivity contribution in [3.05, 3.63) is 0 Å². The molecule has 1 amide bonds. The molecule has 96 valence electrons. The first-order chi connectivity index (χ1) is 8.11. The van der Waals surface area contributed by atoms with Crippen molar-refractivity contribution in [1.29, 1.82) is 0 Å². The fraction of sp³-hybridized carbons (Fsp3) is 0.929. The largest absolute Gasteiger partial charge is 0.339 e. The van der Waals surface area contributed by atoms with Crippen molar-refractivity contribution >= 4 is 5.91 Å². The molecule has 3 atom stereocenters. The monoisotopic (exact) mass is 236 g/mol. The second kappa shape index (κ2) is 3.98. The summed E-state index contributed by atoms with van der Waals surface area (Å²) >= 11 is 0. The molecule has 0 radical (unpaired) electrons. The third kappa shape index (κ3) is 1.88. The molecule has 3 aliphatic rings. The summed E-state index contributed by atoms with van der Waals surface area (Å²) in [5.41, 5.74) is 6.15. The predicted octanol–water partition coefficient (Wildman–Crippen LogP) is 1.76. The molecule has 1 saturated heterocycles. The van der Waals surface area contributed by atoms with Gasteiger partial charge in [0.15, 0.2) is 0 Å². The summed E-state index contributed by atoms with van der Waals surface area (Å²) in [5.74, 6) is 2.31. The second-order valence-corrected chi connectivity index (χ2v) is 6.59. The van der Waals surface area contributed by atoms with Gasteiger partial charge in [0.25, 0.3) is 0 Å². The van der Waals surface area contributed by atoms with E-state index in [1.54, 1.807) is 0 Å². The van der Waals surface area contributed by atoms with Crippen molar-refractivity contribution < 1.29 is 4.79 Å². The van der Waals surface area contributed by atoms with Crippen LogP contribution in [-0.4, -0.2) is 29.4 Å². The summed E-state index contributed by atoms with van der Waals surface area (Å²) in [6, 6.07) is 0. The van der Waals surface area contributed by atoms with Gasteiger partial charge in [0.2, 0.25) is 5.91 Å². The molecule has 3 nitrogen and oxygen atoms in total. The van der Waals surface area contributed by atoms with E-state index >= 15 is 0 Å². The van der Waals surface area contributed by atoms with Crippen LogP contribution in [-0.2, 0) is 4.79 Å². The molecule has 0 spiro atoms. The molecule has 17 heavy (non-hydrogen) atoms. The van der Waals surface area contributed by atoms with Crippen LogP contribution in [0.1, 0.15) is 45.4 Å². The zero-order valence-corrected chi connectivity index (χ0v) is 10.8. The number of carbonyl (C=O) groups is 1. The van der Waals surface area contributed by atoms with E-state index in [0.717, 1.165) is 38.3 Å². The Morgan fingerprint density at radius 3 is 2.65 bits per heavy atom. The third-order valence-electron chi connectivity index (χ3n) is 5.13. The minimum atomic E-state index is -0.0674. The van der Waals surface area contributed by atoms with Gasteiger partial charge < -0.3 is 10.6 Å². The molecule has 3 heteroatoms. The number of carbonyl (C=O) groups excluding carboxylic acids is 1. The lowest BCUT2D eigenvalue weighted by molar-refractivity contribution is -0.145. The summed E-state index contributed by atoms with van der Waals surface area (Å²) < 4.78 is 0. The Morgan fingerprint density at radius 1 is 1.35 bits per heavy atom. The average molecular weight is 236 g/mol. The van der Waals surface area contributed by atoms with Gasteiger partial charge in [-0.2, -0.15) is 0 Å². The number of nitrogens with two attached hydrogens (primary N) is 1. The summed E-state index contributed by atoms with van der Waals surface area (Å²) in [7, 11) is 0. The van der Waals surface area contributed by atoms with Gasteiger partial charge in [-0.15, -0.1) is 0 Å². The van der Waals surface area contributed by atoms with Crippen LogP contribution in [0.15, 0.2) is 0 Å². The van der Waals surface area contributed by atoms with Gasteiger partial charge in [-0.1, -0.05) is 19.8 Å². The van der Waals surface area contributed by atoms with Crippen molar-refractivity contribution in [1.82, 2.24) is 4.90 Å². The Hall–Kier alpha value is -0.570. The lowest BCUT2D eigenvalue weighted by Gasteiger charge is -2.49. The summed E-state index contributed by atoms with van der Waals surface area (Å²) in [5, 5.41) is 0. The Bertz CT molecular complexity index is 322. The van der Waals surface area contributed by atoms with Crippen molar-refractivity contribution in [2.75, 3.05) is 13.1 Å². The number of amides is 1. The maximum atomic E-state index is 12.4. The van der Waals surface area contributed by atoms with E-state index in [1.807, 2.05) is 4.90 Å². The maximum absolute atomic E-state index is 12.4. The van der Waals surface area contributed by atoms with E-state index in [9.17, 15) is 4.79 Å². The number of hydrogen-bond donors (Lipinski definition) is 1. The van der Waals surface area contributed by atoms with Gasteiger partial charge in [-0.05, 0) is 37.5 Å². The molecule has 0 aromatic heterocycles. The zero-order chi connectivity index (χ0) is 12.0. The Morgan fingerprint density at radius 2 is 2.12 bits per heavy atom. The van der Waals surface area contributed by atoms with Gasteiger partial charge in [-0.3, -0.25) is 4.79 Å². The number of nitrogens with zero attached hydrogens (tertiary/aromatic N) is 1. The first kappa shape index (κ1) is 11.5. The fourth-order valence-electron chi connectivity index (χ4n) is 4.31. The van der Waals surface area contributed by atoms with Crippen LogP contribution in [0.3, 0.4) is 0 Å². The smallest absolute Gasteiger partial charge is 0.226 e. The Kier molecular flexibility index (Phi) is 2.69. The molecule has 3 unspecified atom stereocenters. The molecule has 2 saturated carbocycles. The van der Waals surface area contributed by atoms with E-state index in [4.69, 9.17) is 5.73 Å². The molecule has 2 N–H and O–H groups in total. The van der Waals surface area contributed by atoms with Crippen LogP contribution in [0.5, 0.6) is 0 Å². The Balaban J connectivity index is 1.55. The molecular formula is C14H24N2O. The van der Waals surface area contributed by atoms with Crippen LogP contribution in [0.25, 0.3) is 0 Å². The maximum Gasteiger partial charge on any atom is 0.226 e. The minimum absolute atomic E-state index is 0.0674. The van der Waals surface area contributed by atoms with Crippen LogP contribution >= 0.6 is 0 Å². The zero-order valence-electron chi connectivity index (χ0n) is 10.8. The van der Waals surface area contributed by atoms with E-state index in [1.165, 1.54) is 19.3 Å². The van der Waals surface area contributed by atoms with Crippen LogP contribution in [0, 0.1) is 17.8 Å². The number of fused-ring (bicyclic) bond motifs is 2. The molecule has 1 heterocycles. The van der Waals surface area contributed by atoms with Gasteiger partial charge in [0.05, 0.1) is 5.54 Å². The average Bonchev–Trinajstić information content (AvgIpc) is 2.86. The first-order valence-electron chi connectivity index (χ1n) is 7.19. The quantitative estimate of drug-likeness (QED) is 0.811. The standard InChI is InChI=1S/C14H24N2O/c1-2-5-14(15)8-16(9-14)13(17)12-7-10-3-4-11(12)6-10/h10-12H,2-9,15H2,1H3. The highest BCUT2D eigenvalue weighted by Crippen LogP contribution is 2.49. The third-order valence-corrected chi connectivity index (χ3v) is 5.13. The highest BCUT2D eigenvalue weighted by Gasteiger charge is 2.48. The normalized spacial score (nSPS) is 38.2. The molecule has 3 fully saturated rings. The van der Waals surface area contributed by atoms with Crippen LogP contribution in [0.2, 0.25) is 0 Å². The molecular weight excluding hydrogens is 212 g/mol. The van der Waals surface area contributed by atoms with Gasteiger partial charge >= 0.3 is 0 Å². The SMILES string of the molecule is CCCC1(N)CN(C(=O)C2CC3CCC2C3)C1. The highest BCUT2D eigenvalue weighted by molar-refractivity contribution is 5.81. The van der Waals surface area contributed by atoms with Crippen LogP contribution < -0.4 is 5.73 Å². The van der Waals surface area contributed by atoms with E-state index < -0.39 is 0 Å². The van der Waals surface area contributed by atoms with Gasteiger partial charge in [-0.25, -0.2) is 0 Å². The van der Waals surface area contributed by atoms with E-state index in [0.29, 0.717) is 17.7 Å². The van der Waals surface area contributed by atoms with E-state index in [2.05, 4.69) is 6.92 Å². The molecule has 3 rings (SSSR count). The van der Waals surface area contributed by atoms with Gasteiger partial charge in [0.1, 0.15) is 0 Å². The molecule has 1 aliphatic heterocycles. The second-order valence-electron chi connectivity index (χ2n) is 6.59. The minimum Gasteiger partial charge on any atom is -0.339 e. The molecule has 0 aromatic carbocycles. The van der Waals surface area contributed by atoms with E-state index in [-0.39, 0.29) is 5.54 Å². The number of hydrogen-bond acceptors (Lipinski definition) is 2. The fourth-order valence-corrected chi connectivity index (χ4v) is 4.31. The summed E-state index contributed by atoms with van der Waals surface area (Å²) in [4.78, 5) is 14.4. The van der Waals surface area contributed by atoms with Crippen LogP contribution in [0.4, 0.5) is 0 Å². The van der Waals surface area contributed by atoms with Crippen molar-refractivity contribution in [2.24, 2.45) is 23.5 Å². The molecule has 0 aromatic rings. The number of rotatable bonds is 3. The predicted molar refractivity (Wildman–Crippen MR) is 67.3 cm³/mol. The summed E-state index contributed by atoms with van der Waals surface area (Å²) in [6.45, 7) is 3.76. The van der Waals surface area contributed by atoms with Crippen molar-refractivity contribution in [3.63, 3.8) is 0 Å². The topological polar surface area (TPSA) is 46.3 Å². The summed E-state index contributed by atoms with van der Waals surface area (Å²) in [6.07, 6.45) is 7.29. The highest BCUT2D eigenvalue weighted by atomic mass is 16.2. The molecule has 2 bridgehead atoms. The van der Waals surface area contributed by atoms with Crippen molar-refractivity contribution in [2.45, 2.75) is 51.0 Å². The van der Waals surface area contributed by atoms with Crippen molar-refractivity contribution in [3.8, 4) is 0 Å². The van der Waals surface area contributed by atoms with Gasteiger partial charge in [0, 0.05) is 19.0 Å². The lowest BCUT2D eigenvalue weighted by Crippen LogP contribution is -2.69. The first-order valence-corrected chi connectivity index (χ1v) is 7.19. The molecule has 2 aliphatic carbocycles. The number of likely N-dealkylation sites (tertiary alicyclic amines) is 1. The Labute approximate surface area is 104 Å².